The van der Waals surface area contributed by atoms with Gasteiger partial charge in [0.1, 0.15) is 0 Å². The van der Waals surface area contributed by atoms with Gasteiger partial charge in [-0.2, -0.15) is 0 Å². The van der Waals surface area contributed by atoms with Gasteiger partial charge in [0.2, 0.25) is 0 Å². The quantitative estimate of drug-likeness (QED) is 0.716. The molecule has 0 aromatic rings. The molecule has 2 heteroatoms. The van der Waals surface area contributed by atoms with Crippen LogP contribution in [0.4, 0.5) is 0 Å². The average Bonchev–Trinajstić information content (AvgIpc) is 2.84. The molecular formula is C15H30N2. The zero-order chi connectivity index (χ0) is 11.9. The maximum absolute atomic E-state index is 3.67. The van der Waals surface area contributed by atoms with E-state index >= 15 is 0 Å². The van der Waals surface area contributed by atoms with E-state index in [1.807, 2.05) is 0 Å². The molecule has 100 valence electrons. The van der Waals surface area contributed by atoms with Gasteiger partial charge in [0.25, 0.3) is 0 Å². The first-order chi connectivity index (χ1) is 8.36. The molecule has 17 heavy (non-hydrogen) atoms. The summed E-state index contributed by atoms with van der Waals surface area (Å²) in [6.07, 6.45) is 13.1. The number of hydrogen-bond acceptors (Lipinski definition) is 2. The average molecular weight is 238 g/mol. The monoisotopic (exact) mass is 238 g/mol. The number of likely N-dealkylation sites (N-methyl/N-ethyl adjacent to an activating group) is 1. The van der Waals surface area contributed by atoms with Crippen LogP contribution in [0.2, 0.25) is 0 Å². The normalized spacial score (nSPS) is 27.7. The lowest BCUT2D eigenvalue weighted by Gasteiger charge is -2.32. The van der Waals surface area contributed by atoms with Crippen LogP contribution >= 0.6 is 0 Å². The molecule has 1 heterocycles. The van der Waals surface area contributed by atoms with E-state index in [1.165, 1.54) is 77.4 Å². The number of rotatable bonds is 6. The smallest absolute Gasteiger partial charge is 0.0217 e. The molecule has 1 atom stereocenters. The van der Waals surface area contributed by atoms with Crippen LogP contribution in [0.25, 0.3) is 0 Å². The molecule has 0 amide bonds. The molecule has 0 aromatic heterocycles. The summed E-state index contributed by atoms with van der Waals surface area (Å²) in [5.74, 6) is 1.06. The Morgan fingerprint density at radius 1 is 1.06 bits per heavy atom. The third-order valence-electron chi connectivity index (χ3n) is 4.74. The molecule has 1 saturated heterocycles. The Morgan fingerprint density at radius 3 is 2.59 bits per heavy atom. The molecule has 1 saturated carbocycles. The van der Waals surface area contributed by atoms with Crippen molar-refractivity contribution in [2.24, 2.45) is 5.92 Å². The third kappa shape index (κ3) is 4.59. The largest absolute Gasteiger partial charge is 0.315 e. The fraction of sp³-hybridized carbons (Fsp3) is 1.00. The van der Waals surface area contributed by atoms with Crippen molar-refractivity contribution in [1.29, 1.82) is 0 Å². The van der Waals surface area contributed by atoms with Gasteiger partial charge in [0.05, 0.1) is 0 Å². The van der Waals surface area contributed by atoms with Crippen molar-refractivity contribution < 1.29 is 0 Å². The molecule has 0 radical (unpaired) electrons. The first-order valence-electron chi connectivity index (χ1n) is 7.77. The van der Waals surface area contributed by atoms with Gasteiger partial charge in [-0.05, 0) is 51.7 Å². The highest BCUT2D eigenvalue weighted by atomic mass is 15.2. The van der Waals surface area contributed by atoms with Crippen LogP contribution in [0.1, 0.15) is 57.8 Å². The summed E-state index contributed by atoms with van der Waals surface area (Å²) in [6, 6.07) is 0.801. The highest BCUT2D eigenvalue weighted by Crippen LogP contribution is 2.28. The second-order valence-electron chi connectivity index (χ2n) is 6.13. The molecule has 2 nitrogen and oxygen atoms in total. The first kappa shape index (κ1) is 13.4. The van der Waals surface area contributed by atoms with E-state index in [2.05, 4.69) is 17.3 Å². The summed E-state index contributed by atoms with van der Waals surface area (Å²) in [6.45, 7) is 3.75. The molecule has 0 bridgehead atoms. The minimum Gasteiger partial charge on any atom is -0.315 e. The zero-order valence-electron chi connectivity index (χ0n) is 11.6. The van der Waals surface area contributed by atoms with Crippen molar-refractivity contribution in [3.8, 4) is 0 Å². The Morgan fingerprint density at radius 2 is 1.82 bits per heavy atom. The molecule has 2 aliphatic rings. The third-order valence-corrected chi connectivity index (χ3v) is 4.74. The minimum atomic E-state index is 0.801. The Hall–Kier alpha value is -0.0800. The SMILES string of the molecule is CN1CCCCC1CNCCCC1CCCC1. The minimum absolute atomic E-state index is 0.801. The van der Waals surface area contributed by atoms with Gasteiger partial charge in [-0.25, -0.2) is 0 Å². The fourth-order valence-corrected chi connectivity index (χ4v) is 3.49. The van der Waals surface area contributed by atoms with E-state index in [0.717, 1.165) is 12.0 Å². The lowest BCUT2D eigenvalue weighted by molar-refractivity contribution is 0.181. The van der Waals surface area contributed by atoms with Crippen molar-refractivity contribution in [3.05, 3.63) is 0 Å². The summed E-state index contributed by atoms with van der Waals surface area (Å²) < 4.78 is 0. The van der Waals surface area contributed by atoms with Gasteiger partial charge >= 0.3 is 0 Å². The Labute approximate surface area is 107 Å². The second-order valence-corrected chi connectivity index (χ2v) is 6.13. The van der Waals surface area contributed by atoms with Gasteiger partial charge in [0, 0.05) is 12.6 Å². The second kappa shape index (κ2) is 7.38. The number of hydrogen-bond donors (Lipinski definition) is 1. The Bertz CT molecular complexity index is 199. The fourth-order valence-electron chi connectivity index (χ4n) is 3.49. The van der Waals surface area contributed by atoms with Crippen LogP contribution < -0.4 is 5.32 Å². The maximum atomic E-state index is 3.67. The molecule has 2 fully saturated rings. The summed E-state index contributed by atoms with van der Waals surface area (Å²) >= 11 is 0. The predicted octanol–water partition coefficient (Wildman–Crippen LogP) is 3.03. The van der Waals surface area contributed by atoms with Crippen LogP contribution in [0.5, 0.6) is 0 Å². The lowest BCUT2D eigenvalue weighted by atomic mass is 10.0. The van der Waals surface area contributed by atoms with Crippen molar-refractivity contribution in [2.75, 3.05) is 26.7 Å². The van der Waals surface area contributed by atoms with Crippen molar-refractivity contribution in [1.82, 2.24) is 10.2 Å². The zero-order valence-corrected chi connectivity index (χ0v) is 11.6. The van der Waals surface area contributed by atoms with Crippen molar-refractivity contribution >= 4 is 0 Å². The predicted molar refractivity (Wildman–Crippen MR) is 74.3 cm³/mol. The van der Waals surface area contributed by atoms with Crippen molar-refractivity contribution in [2.45, 2.75) is 63.8 Å². The molecule has 0 spiro atoms. The number of nitrogens with zero attached hydrogens (tertiary/aromatic N) is 1. The molecule has 1 N–H and O–H groups in total. The highest BCUT2D eigenvalue weighted by Gasteiger charge is 2.18. The maximum Gasteiger partial charge on any atom is 0.0217 e. The van der Waals surface area contributed by atoms with Gasteiger partial charge < -0.3 is 10.2 Å². The molecule has 1 unspecified atom stereocenters. The Kier molecular flexibility index (Phi) is 5.79. The summed E-state index contributed by atoms with van der Waals surface area (Å²) in [5.41, 5.74) is 0. The van der Waals surface area contributed by atoms with E-state index in [9.17, 15) is 0 Å². The van der Waals surface area contributed by atoms with E-state index in [-0.39, 0.29) is 0 Å². The number of likely N-dealkylation sites (tertiary alicyclic amines) is 1. The van der Waals surface area contributed by atoms with E-state index in [0.29, 0.717) is 0 Å². The van der Waals surface area contributed by atoms with Crippen LogP contribution in [-0.4, -0.2) is 37.6 Å². The van der Waals surface area contributed by atoms with Crippen LogP contribution in [0.15, 0.2) is 0 Å². The molecular weight excluding hydrogens is 208 g/mol. The van der Waals surface area contributed by atoms with E-state index in [1.54, 1.807) is 0 Å². The van der Waals surface area contributed by atoms with Crippen LogP contribution in [-0.2, 0) is 0 Å². The van der Waals surface area contributed by atoms with Crippen LogP contribution in [0, 0.1) is 5.92 Å². The standard InChI is InChI=1S/C15H30N2/c1-17-12-5-4-10-15(17)13-16-11-6-9-14-7-2-3-8-14/h14-16H,2-13H2,1H3. The Balaban J connectivity index is 1.47. The van der Waals surface area contributed by atoms with E-state index < -0.39 is 0 Å². The van der Waals surface area contributed by atoms with Gasteiger partial charge in [-0.1, -0.05) is 32.1 Å². The first-order valence-corrected chi connectivity index (χ1v) is 7.77. The number of nitrogens with one attached hydrogen (secondary N) is 1. The van der Waals surface area contributed by atoms with Crippen molar-refractivity contribution in [3.63, 3.8) is 0 Å². The summed E-state index contributed by atoms with van der Waals surface area (Å²) in [7, 11) is 2.28. The molecule has 2 rings (SSSR count). The summed E-state index contributed by atoms with van der Waals surface area (Å²) in [4.78, 5) is 2.54. The van der Waals surface area contributed by atoms with E-state index in [4.69, 9.17) is 0 Å². The van der Waals surface area contributed by atoms with Gasteiger partial charge in [-0.15, -0.1) is 0 Å². The molecule has 1 aliphatic carbocycles. The topological polar surface area (TPSA) is 15.3 Å². The lowest BCUT2D eigenvalue weighted by Crippen LogP contribution is -2.43. The van der Waals surface area contributed by atoms with Crippen LogP contribution in [0.3, 0.4) is 0 Å². The number of piperidine rings is 1. The van der Waals surface area contributed by atoms with Gasteiger partial charge in [-0.3, -0.25) is 0 Å². The summed E-state index contributed by atoms with van der Waals surface area (Å²) in [5, 5.41) is 3.67. The van der Waals surface area contributed by atoms with Gasteiger partial charge in [0.15, 0.2) is 0 Å². The molecule has 1 aliphatic heterocycles. The molecule has 0 aromatic carbocycles. The highest BCUT2D eigenvalue weighted by molar-refractivity contribution is 4.76.